The Morgan fingerprint density at radius 1 is 1.32 bits per heavy atom. The van der Waals surface area contributed by atoms with Crippen molar-refractivity contribution >= 4 is 17.8 Å². The Morgan fingerprint density at radius 2 is 2.14 bits per heavy atom. The van der Waals surface area contributed by atoms with E-state index >= 15 is 0 Å². The monoisotopic (exact) mass is 391 g/mol. The van der Waals surface area contributed by atoms with Crippen LogP contribution in [0, 0.1) is 5.92 Å². The number of likely N-dealkylation sites (N-methyl/N-ethyl adjacent to an activating group) is 1. The molecule has 3 N–H and O–H groups in total. The number of ether oxygens (including phenoxy) is 1. The van der Waals surface area contributed by atoms with Gasteiger partial charge in [0.25, 0.3) is 5.91 Å². The van der Waals surface area contributed by atoms with Gasteiger partial charge in [-0.2, -0.15) is 0 Å². The molecule has 154 valence electrons. The van der Waals surface area contributed by atoms with Crippen LogP contribution in [0.3, 0.4) is 0 Å². The first-order valence-corrected chi connectivity index (χ1v) is 9.74. The van der Waals surface area contributed by atoms with E-state index in [4.69, 9.17) is 4.74 Å². The number of methoxy groups -OCH3 is 1. The summed E-state index contributed by atoms with van der Waals surface area (Å²) >= 11 is 0. The van der Waals surface area contributed by atoms with Gasteiger partial charge in [-0.15, -0.1) is 0 Å². The molecule has 3 atom stereocenters. The number of H-pyrrole nitrogens is 1. The molecule has 4 amide bonds. The number of nitrogens with one attached hydrogen (secondary N) is 3. The summed E-state index contributed by atoms with van der Waals surface area (Å²) in [5.74, 6) is -0.416. The van der Waals surface area contributed by atoms with E-state index in [9.17, 15) is 14.4 Å². The Balaban J connectivity index is 1.49. The molecule has 9 nitrogen and oxygen atoms in total. The first-order valence-electron chi connectivity index (χ1n) is 9.74. The standard InChI is InChI=1S/C19H29N5O4/c1-23-10-11-24(19(23)27)9-8-21-17(25)13-5-6-16(28-2)15(12-13)22-18(26)14-4-3-7-20-14/h3-4,7,13,15-16,20H,5-6,8-12H2,1-2H3,(H,21,25)(H,22,26)/t13-,15+,16+/m0/s1. The molecule has 1 aromatic rings. The van der Waals surface area contributed by atoms with Crippen molar-refractivity contribution in [2.75, 3.05) is 40.3 Å². The lowest BCUT2D eigenvalue weighted by molar-refractivity contribution is -0.127. The summed E-state index contributed by atoms with van der Waals surface area (Å²) in [5.41, 5.74) is 0.488. The average Bonchev–Trinajstić information content (AvgIpc) is 3.34. The molecule has 0 unspecified atom stereocenters. The van der Waals surface area contributed by atoms with Crippen LogP contribution < -0.4 is 10.6 Å². The first kappa shape index (κ1) is 20.2. The second kappa shape index (κ2) is 9.09. The highest BCUT2D eigenvalue weighted by molar-refractivity contribution is 5.92. The van der Waals surface area contributed by atoms with Crippen LogP contribution in [0.4, 0.5) is 4.79 Å². The second-order valence-corrected chi connectivity index (χ2v) is 7.43. The molecule has 1 aromatic heterocycles. The SMILES string of the molecule is CO[C@@H]1CC[C@H](C(=O)NCCN2CCN(C)C2=O)C[C@H]1NC(=O)c1ccc[nH]1. The van der Waals surface area contributed by atoms with Gasteiger partial charge in [0.15, 0.2) is 0 Å². The Kier molecular flexibility index (Phi) is 6.56. The molecule has 1 saturated heterocycles. The predicted molar refractivity (Wildman–Crippen MR) is 103 cm³/mol. The molecule has 0 bridgehead atoms. The van der Waals surface area contributed by atoms with Gasteiger partial charge in [-0.25, -0.2) is 4.79 Å². The molecule has 0 radical (unpaired) electrons. The van der Waals surface area contributed by atoms with Crippen molar-refractivity contribution in [3.63, 3.8) is 0 Å². The number of amides is 4. The second-order valence-electron chi connectivity index (χ2n) is 7.43. The molecule has 1 aliphatic heterocycles. The summed E-state index contributed by atoms with van der Waals surface area (Å²) in [5, 5.41) is 5.92. The van der Waals surface area contributed by atoms with Gasteiger partial charge in [-0.1, -0.05) is 0 Å². The molecule has 0 spiro atoms. The third kappa shape index (κ3) is 4.64. The van der Waals surface area contributed by atoms with Gasteiger partial charge in [-0.05, 0) is 31.4 Å². The zero-order valence-corrected chi connectivity index (χ0v) is 16.4. The number of hydrogen-bond acceptors (Lipinski definition) is 4. The Hall–Kier alpha value is -2.55. The summed E-state index contributed by atoms with van der Waals surface area (Å²) in [6.07, 6.45) is 3.54. The van der Waals surface area contributed by atoms with Crippen molar-refractivity contribution < 1.29 is 19.1 Å². The van der Waals surface area contributed by atoms with Gasteiger partial charge >= 0.3 is 6.03 Å². The fourth-order valence-electron chi connectivity index (χ4n) is 3.90. The van der Waals surface area contributed by atoms with Gasteiger partial charge in [-0.3, -0.25) is 9.59 Å². The van der Waals surface area contributed by atoms with E-state index < -0.39 is 0 Å². The van der Waals surface area contributed by atoms with Crippen molar-refractivity contribution in [2.24, 2.45) is 5.92 Å². The maximum Gasteiger partial charge on any atom is 0.319 e. The van der Waals surface area contributed by atoms with Crippen LogP contribution in [-0.4, -0.2) is 85.1 Å². The van der Waals surface area contributed by atoms with Crippen LogP contribution in [0.5, 0.6) is 0 Å². The number of rotatable bonds is 7. The predicted octanol–water partition coefficient (Wildman–Crippen LogP) is 0.412. The molecule has 9 heteroatoms. The summed E-state index contributed by atoms with van der Waals surface area (Å²) in [7, 11) is 3.40. The first-order chi connectivity index (χ1) is 13.5. The van der Waals surface area contributed by atoms with Gasteiger partial charge in [0, 0.05) is 52.5 Å². The van der Waals surface area contributed by atoms with Gasteiger partial charge in [0.05, 0.1) is 12.1 Å². The van der Waals surface area contributed by atoms with Gasteiger partial charge in [0.1, 0.15) is 5.69 Å². The Bertz CT molecular complexity index is 693. The van der Waals surface area contributed by atoms with E-state index in [1.54, 1.807) is 42.3 Å². The third-order valence-electron chi connectivity index (χ3n) is 5.60. The fourth-order valence-corrected chi connectivity index (χ4v) is 3.90. The highest BCUT2D eigenvalue weighted by Crippen LogP contribution is 2.27. The number of nitrogens with zero attached hydrogens (tertiary/aromatic N) is 2. The highest BCUT2D eigenvalue weighted by Gasteiger charge is 2.35. The van der Waals surface area contributed by atoms with Crippen LogP contribution in [-0.2, 0) is 9.53 Å². The van der Waals surface area contributed by atoms with Crippen molar-refractivity contribution in [3.05, 3.63) is 24.0 Å². The van der Waals surface area contributed by atoms with Crippen LogP contribution >= 0.6 is 0 Å². The number of hydrogen-bond donors (Lipinski definition) is 3. The van der Waals surface area contributed by atoms with Crippen molar-refractivity contribution in [1.82, 2.24) is 25.4 Å². The van der Waals surface area contributed by atoms with E-state index in [2.05, 4.69) is 15.6 Å². The largest absolute Gasteiger partial charge is 0.379 e. The lowest BCUT2D eigenvalue weighted by atomic mass is 9.83. The Labute approximate surface area is 164 Å². The summed E-state index contributed by atoms with van der Waals surface area (Å²) in [6.45, 7) is 2.35. The topological polar surface area (TPSA) is 107 Å². The molecular formula is C19H29N5O4. The maximum atomic E-state index is 12.6. The van der Waals surface area contributed by atoms with Crippen LogP contribution in [0.2, 0.25) is 0 Å². The molecule has 0 aromatic carbocycles. The summed E-state index contributed by atoms with van der Waals surface area (Å²) < 4.78 is 5.52. The number of urea groups is 1. The van der Waals surface area contributed by atoms with E-state index in [1.807, 2.05) is 0 Å². The molecule has 1 aliphatic carbocycles. The van der Waals surface area contributed by atoms with E-state index in [-0.39, 0.29) is 35.9 Å². The van der Waals surface area contributed by atoms with Gasteiger partial charge in [0.2, 0.25) is 5.91 Å². The molecular weight excluding hydrogens is 362 g/mol. The van der Waals surface area contributed by atoms with Crippen molar-refractivity contribution in [3.8, 4) is 0 Å². The third-order valence-corrected chi connectivity index (χ3v) is 5.60. The van der Waals surface area contributed by atoms with Crippen molar-refractivity contribution in [2.45, 2.75) is 31.4 Å². The lowest BCUT2D eigenvalue weighted by Crippen LogP contribution is -2.50. The fraction of sp³-hybridized carbons (Fsp3) is 0.632. The normalized spacial score (nSPS) is 25.1. The highest BCUT2D eigenvalue weighted by atomic mass is 16.5. The molecule has 2 fully saturated rings. The van der Waals surface area contributed by atoms with Crippen LogP contribution in [0.1, 0.15) is 29.8 Å². The molecule has 28 heavy (non-hydrogen) atoms. The molecule has 2 aliphatic rings. The zero-order valence-electron chi connectivity index (χ0n) is 16.4. The number of carbonyl (C=O) groups excluding carboxylic acids is 3. The van der Waals surface area contributed by atoms with E-state index in [1.165, 1.54) is 0 Å². The zero-order chi connectivity index (χ0) is 20.1. The minimum atomic E-state index is -0.223. The number of carbonyl (C=O) groups is 3. The quantitative estimate of drug-likeness (QED) is 0.626. The molecule has 2 heterocycles. The minimum Gasteiger partial charge on any atom is -0.379 e. The summed E-state index contributed by atoms with van der Waals surface area (Å²) in [4.78, 5) is 43.1. The van der Waals surface area contributed by atoms with E-state index in [0.717, 1.165) is 6.54 Å². The van der Waals surface area contributed by atoms with E-state index in [0.29, 0.717) is 44.6 Å². The Morgan fingerprint density at radius 3 is 2.79 bits per heavy atom. The molecule has 1 saturated carbocycles. The number of aromatic nitrogens is 1. The van der Waals surface area contributed by atoms with Crippen LogP contribution in [0.15, 0.2) is 18.3 Å². The van der Waals surface area contributed by atoms with Gasteiger partial charge < -0.3 is 30.2 Å². The molecule has 3 rings (SSSR count). The maximum absolute atomic E-state index is 12.6. The smallest absolute Gasteiger partial charge is 0.319 e. The lowest BCUT2D eigenvalue weighted by Gasteiger charge is -2.35. The van der Waals surface area contributed by atoms with Crippen LogP contribution in [0.25, 0.3) is 0 Å². The van der Waals surface area contributed by atoms with Crippen molar-refractivity contribution in [1.29, 1.82) is 0 Å². The number of aromatic amines is 1. The minimum absolute atomic E-state index is 0.00180. The average molecular weight is 391 g/mol. The summed E-state index contributed by atoms with van der Waals surface area (Å²) in [6, 6.07) is 3.25.